The molecule has 0 saturated heterocycles. The van der Waals surface area contributed by atoms with Gasteiger partial charge in [-0.2, -0.15) is 13.2 Å². The molecule has 2 rings (SSSR count). The molecule has 0 aliphatic heterocycles. The standard InChI is InChI=1S/C18H25F3N2O2S/c1-13-17(7-8-22-13)14(2)23(3)16-10-15(11-16)6-4-5-9-26(24,25)12-18(19,20)21/h4,6-8,15-16,22H,1,5,9-12H2,2-3H3/b6-4+,17-14+. The Morgan fingerprint density at radius 1 is 1.42 bits per heavy atom. The summed E-state index contributed by atoms with van der Waals surface area (Å²) in [4.78, 5) is 5.28. The molecule has 8 heteroatoms. The molecule has 1 heterocycles. The van der Waals surface area contributed by atoms with Crippen LogP contribution in [-0.2, 0) is 9.84 Å². The summed E-state index contributed by atoms with van der Waals surface area (Å²) in [6, 6.07) is 2.39. The molecule has 0 amide bonds. The first-order valence-electron chi connectivity index (χ1n) is 8.48. The third-order valence-corrected chi connectivity index (χ3v) is 6.46. The van der Waals surface area contributed by atoms with E-state index in [0.717, 1.165) is 29.1 Å². The maximum Gasteiger partial charge on any atom is 0.402 e. The van der Waals surface area contributed by atoms with E-state index in [0.29, 0.717) is 12.0 Å². The van der Waals surface area contributed by atoms with Crippen molar-refractivity contribution in [3.05, 3.63) is 35.0 Å². The predicted molar refractivity (Wildman–Crippen MR) is 97.4 cm³/mol. The Morgan fingerprint density at radius 2 is 2.08 bits per heavy atom. The normalized spacial score (nSPS) is 22.3. The smallest absolute Gasteiger partial charge is 0.375 e. The van der Waals surface area contributed by atoms with E-state index in [4.69, 9.17) is 0 Å². The first-order valence-corrected chi connectivity index (χ1v) is 10.3. The van der Waals surface area contributed by atoms with Crippen molar-refractivity contribution in [1.82, 2.24) is 9.88 Å². The number of rotatable bonds is 7. The van der Waals surface area contributed by atoms with Gasteiger partial charge >= 0.3 is 6.18 Å². The molecule has 0 atom stereocenters. The zero-order valence-electron chi connectivity index (χ0n) is 15.0. The number of hydrogen-bond acceptors (Lipinski definition) is 3. The highest BCUT2D eigenvalue weighted by molar-refractivity contribution is 7.91. The van der Waals surface area contributed by atoms with Crippen molar-refractivity contribution in [1.29, 1.82) is 0 Å². The summed E-state index contributed by atoms with van der Waals surface area (Å²) < 4.78 is 59.2. The van der Waals surface area contributed by atoms with Crippen LogP contribution in [0.3, 0.4) is 0 Å². The van der Waals surface area contributed by atoms with Gasteiger partial charge in [-0.3, -0.25) is 0 Å². The molecule has 1 saturated carbocycles. The van der Waals surface area contributed by atoms with Crippen molar-refractivity contribution in [3.63, 3.8) is 0 Å². The SMILES string of the molecule is C=c1[nH]cc/c1=C(/C)N(C)C1CC(/C=C/CCS(=O)(=O)CC(F)(F)F)C1. The number of alkyl halides is 3. The number of aromatic amines is 1. The fourth-order valence-electron chi connectivity index (χ4n) is 3.17. The Balaban J connectivity index is 1.79. The Hall–Kier alpha value is -1.70. The summed E-state index contributed by atoms with van der Waals surface area (Å²) in [6.07, 6.45) is 2.80. The zero-order valence-corrected chi connectivity index (χ0v) is 15.8. The lowest BCUT2D eigenvalue weighted by Crippen LogP contribution is -2.43. The maximum absolute atomic E-state index is 12.2. The lowest BCUT2D eigenvalue weighted by atomic mass is 9.79. The van der Waals surface area contributed by atoms with E-state index < -0.39 is 27.5 Å². The van der Waals surface area contributed by atoms with Gasteiger partial charge in [0.25, 0.3) is 0 Å². The van der Waals surface area contributed by atoms with E-state index in [1.807, 2.05) is 32.3 Å². The Bertz CT molecular complexity index is 850. The van der Waals surface area contributed by atoms with E-state index in [1.54, 1.807) is 6.08 Å². The topological polar surface area (TPSA) is 53.2 Å². The largest absolute Gasteiger partial charge is 0.402 e. The van der Waals surface area contributed by atoms with Crippen LogP contribution in [0, 0.1) is 5.92 Å². The minimum atomic E-state index is -4.67. The molecule has 26 heavy (non-hydrogen) atoms. The van der Waals surface area contributed by atoms with Crippen LogP contribution < -0.4 is 10.6 Å². The third-order valence-electron chi connectivity index (χ3n) is 4.84. The molecule has 1 aromatic heterocycles. The fraction of sp³-hybridized carbons (Fsp3) is 0.556. The summed E-state index contributed by atoms with van der Waals surface area (Å²) in [5.74, 6) is -1.87. The number of aromatic nitrogens is 1. The molecule has 1 aromatic rings. The summed E-state index contributed by atoms with van der Waals surface area (Å²) in [5, 5.41) is 1.96. The van der Waals surface area contributed by atoms with E-state index >= 15 is 0 Å². The molecular weight excluding hydrogens is 365 g/mol. The molecule has 0 bridgehead atoms. The highest BCUT2D eigenvalue weighted by Crippen LogP contribution is 2.33. The van der Waals surface area contributed by atoms with Crippen LogP contribution >= 0.6 is 0 Å². The Morgan fingerprint density at radius 3 is 2.62 bits per heavy atom. The predicted octanol–water partition coefficient (Wildman–Crippen LogP) is 2.19. The van der Waals surface area contributed by atoms with E-state index in [-0.39, 0.29) is 6.42 Å². The third kappa shape index (κ3) is 5.65. The average molecular weight is 390 g/mol. The van der Waals surface area contributed by atoms with Crippen molar-refractivity contribution in [2.75, 3.05) is 18.6 Å². The van der Waals surface area contributed by atoms with Gasteiger partial charge in [0, 0.05) is 35.6 Å². The number of nitrogens with zero attached hydrogens (tertiary/aromatic N) is 1. The molecule has 4 nitrogen and oxygen atoms in total. The van der Waals surface area contributed by atoms with Gasteiger partial charge < -0.3 is 9.88 Å². The molecule has 146 valence electrons. The second-order valence-electron chi connectivity index (χ2n) is 6.88. The molecular formula is C18H25F3N2O2S. The van der Waals surface area contributed by atoms with E-state index in [1.165, 1.54) is 0 Å². The summed E-state index contributed by atoms with van der Waals surface area (Å²) in [6.45, 7) is 6.01. The maximum atomic E-state index is 12.2. The highest BCUT2D eigenvalue weighted by atomic mass is 32.2. The summed E-state index contributed by atoms with van der Waals surface area (Å²) in [7, 11) is -2.05. The lowest BCUT2D eigenvalue weighted by molar-refractivity contribution is -0.106. The number of hydrogen-bond donors (Lipinski definition) is 1. The lowest BCUT2D eigenvalue weighted by Gasteiger charge is -2.41. The fourth-order valence-corrected chi connectivity index (χ4v) is 4.31. The number of sulfone groups is 1. The van der Waals surface area contributed by atoms with Gasteiger partial charge in [-0.15, -0.1) is 0 Å². The van der Waals surface area contributed by atoms with Gasteiger partial charge in [-0.1, -0.05) is 18.7 Å². The highest BCUT2D eigenvalue weighted by Gasteiger charge is 2.34. The second kappa shape index (κ2) is 7.90. The minimum absolute atomic E-state index is 0.120. The quantitative estimate of drug-likeness (QED) is 0.726. The van der Waals surface area contributed by atoms with E-state index in [2.05, 4.69) is 16.5 Å². The Kier molecular flexibility index (Phi) is 6.26. The molecule has 1 aliphatic carbocycles. The van der Waals surface area contributed by atoms with Crippen molar-refractivity contribution in [2.45, 2.75) is 38.4 Å². The number of allylic oxidation sites excluding steroid dienone is 2. The van der Waals surface area contributed by atoms with Crippen LogP contribution in [0.25, 0.3) is 12.3 Å². The first kappa shape index (κ1) is 20.6. The molecule has 0 spiro atoms. The number of halogens is 3. The first-order chi connectivity index (χ1) is 12.0. The number of nitrogens with one attached hydrogen (secondary N) is 1. The number of H-pyrrole nitrogens is 1. The van der Waals surface area contributed by atoms with Gasteiger partial charge in [0.05, 0.1) is 5.75 Å². The monoisotopic (exact) mass is 390 g/mol. The van der Waals surface area contributed by atoms with E-state index in [9.17, 15) is 21.6 Å². The van der Waals surface area contributed by atoms with Crippen LogP contribution in [-0.4, -0.2) is 49.1 Å². The molecule has 0 radical (unpaired) electrons. The summed E-state index contributed by atoms with van der Waals surface area (Å²) in [5.41, 5.74) is 1.14. The van der Waals surface area contributed by atoms with Crippen LogP contribution in [0.5, 0.6) is 0 Å². The van der Waals surface area contributed by atoms with Crippen molar-refractivity contribution in [3.8, 4) is 0 Å². The van der Waals surface area contributed by atoms with Crippen LogP contribution in [0.1, 0.15) is 26.2 Å². The molecule has 0 aromatic carbocycles. The average Bonchev–Trinajstić information content (AvgIpc) is 2.87. The van der Waals surface area contributed by atoms with Gasteiger partial charge in [0.1, 0.15) is 5.75 Å². The zero-order chi connectivity index (χ0) is 19.5. The molecule has 0 unspecified atom stereocenters. The molecule has 1 aliphatic rings. The van der Waals surface area contributed by atoms with Crippen molar-refractivity contribution >= 4 is 22.1 Å². The van der Waals surface area contributed by atoms with Crippen molar-refractivity contribution in [2.24, 2.45) is 5.92 Å². The van der Waals surface area contributed by atoms with Crippen LogP contribution in [0.4, 0.5) is 13.2 Å². The van der Waals surface area contributed by atoms with Gasteiger partial charge in [-0.05, 0) is 38.2 Å². The van der Waals surface area contributed by atoms with Crippen LogP contribution in [0.2, 0.25) is 0 Å². The molecule has 1 N–H and O–H groups in total. The summed E-state index contributed by atoms with van der Waals surface area (Å²) >= 11 is 0. The minimum Gasteiger partial charge on any atom is -0.375 e. The Labute approximate surface area is 152 Å². The second-order valence-corrected chi connectivity index (χ2v) is 9.06. The van der Waals surface area contributed by atoms with Crippen LogP contribution in [0.15, 0.2) is 24.4 Å². The van der Waals surface area contributed by atoms with Gasteiger partial charge in [-0.25, -0.2) is 8.42 Å². The van der Waals surface area contributed by atoms with Gasteiger partial charge in [0.2, 0.25) is 0 Å². The van der Waals surface area contributed by atoms with Crippen molar-refractivity contribution < 1.29 is 21.6 Å². The molecule has 1 fully saturated rings. The van der Waals surface area contributed by atoms with Gasteiger partial charge in [0.15, 0.2) is 9.84 Å².